The molecule has 5 rings (SSSR count). The van der Waals surface area contributed by atoms with E-state index in [1.807, 2.05) is 0 Å². The van der Waals surface area contributed by atoms with Crippen molar-refractivity contribution < 1.29 is 23.5 Å². The smallest absolute Gasteiger partial charge is 0.326 e. The lowest BCUT2D eigenvalue weighted by Crippen LogP contribution is -2.32. The van der Waals surface area contributed by atoms with Crippen molar-refractivity contribution in [3.8, 4) is 0 Å². The van der Waals surface area contributed by atoms with Gasteiger partial charge in [0.25, 0.3) is 0 Å². The van der Waals surface area contributed by atoms with Crippen molar-refractivity contribution in [2.24, 2.45) is 5.92 Å². The molecule has 11 heteroatoms. The lowest BCUT2D eigenvalue weighted by atomic mass is 9.83. The first kappa shape index (κ1) is 24.0. The number of fused-ring (bicyclic) bond motifs is 2. The first-order valence-electron chi connectivity index (χ1n) is 10.7. The lowest BCUT2D eigenvalue weighted by molar-refractivity contribution is -0.144. The maximum Gasteiger partial charge on any atom is 0.326 e. The molecule has 1 aromatic heterocycles. The van der Waals surface area contributed by atoms with Crippen LogP contribution in [0.2, 0.25) is 0 Å². The van der Waals surface area contributed by atoms with Gasteiger partial charge >= 0.3 is 10.8 Å². The van der Waals surface area contributed by atoms with Crippen molar-refractivity contribution in [1.29, 1.82) is 0 Å². The highest BCUT2D eigenvalue weighted by atomic mass is 79.9. The number of rotatable bonds is 5. The normalized spacial score (nSPS) is 21.1. The molecular weight excluding hydrogens is 559 g/mol. The van der Waals surface area contributed by atoms with Crippen LogP contribution in [-0.4, -0.2) is 34.2 Å². The fraction of sp³-hybridized carbons (Fsp3) is 0.250. The molecule has 180 valence electrons. The molecule has 0 N–H and O–H groups in total. The van der Waals surface area contributed by atoms with Crippen molar-refractivity contribution in [3.05, 3.63) is 78.9 Å². The summed E-state index contributed by atoms with van der Waals surface area (Å²) in [5, 5.41) is -0.349. The second kappa shape index (κ2) is 9.36. The van der Waals surface area contributed by atoms with Crippen molar-refractivity contribution in [2.75, 3.05) is 11.5 Å². The summed E-state index contributed by atoms with van der Waals surface area (Å²) in [6, 6.07) is 12.6. The lowest BCUT2D eigenvalue weighted by Gasteiger charge is -2.30. The summed E-state index contributed by atoms with van der Waals surface area (Å²) in [7, 11) is 0. The highest BCUT2D eigenvalue weighted by molar-refractivity contribution is 9.10. The summed E-state index contributed by atoms with van der Waals surface area (Å²) >= 11 is 5.41. The molecule has 1 fully saturated rings. The Morgan fingerprint density at radius 2 is 1.74 bits per heavy atom. The third-order valence-corrected chi connectivity index (χ3v) is 9.09. The number of aromatic nitrogens is 1. The van der Waals surface area contributed by atoms with Crippen LogP contribution in [0.3, 0.4) is 0 Å². The summed E-state index contributed by atoms with van der Waals surface area (Å²) in [5.74, 6) is -3.22. The van der Waals surface area contributed by atoms with E-state index in [9.17, 15) is 23.6 Å². The molecule has 7 nitrogen and oxygen atoms in total. The van der Waals surface area contributed by atoms with Crippen LogP contribution in [0.1, 0.15) is 23.3 Å². The summed E-state index contributed by atoms with van der Waals surface area (Å²) in [5.41, 5.74) is 1.06. The average Bonchev–Trinajstić information content (AvgIpc) is 3.27. The second-order valence-corrected chi connectivity index (χ2v) is 11.0. The van der Waals surface area contributed by atoms with Gasteiger partial charge in [0.15, 0.2) is 0 Å². The van der Waals surface area contributed by atoms with Gasteiger partial charge < -0.3 is 4.74 Å². The van der Waals surface area contributed by atoms with Crippen molar-refractivity contribution in [3.63, 3.8) is 0 Å². The fourth-order valence-corrected chi connectivity index (χ4v) is 7.50. The van der Waals surface area contributed by atoms with Crippen LogP contribution >= 0.6 is 39.0 Å². The van der Waals surface area contributed by atoms with Gasteiger partial charge in [-0.05, 0) is 48.9 Å². The molecule has 2 aromatic carbocycles. The summed E-state index contributed by atoms with van der Waals surface area (Å²) in [6.45, 7) is 1.55. The third-order valence-electron chi connectivity index (χ3n) is 5.96. The zero-order valence-corrected chi connectivity index (χ0v) is 21.5. The molecule has 0 aliphatic carbocycles. The average molecular weight is 577 g/mol. The number of anilines is 1. The molecule has 0 radical (unpaired) electrons. The van der Waals surface area contributed by atoms with Crippen LogP contribution < -0.4 is 9.77 Å². The molecule has 0 saturated carbocycles. The molecule has 1 saturated heterocycles. The number of esters is 1. The highest BCUT2D eigenvalue weighted by Gasteiger charge is 2.56. The van der Waals surface area contributed by atoms with Crippen LogP contribution in [0.4, 0.5) is 10.1 Å². The Hall–Kier alpha value is -2.76. The van der Waals surface area contributed by atoms with Gasteiger partial charge in [-0.2, -0.15) is 0 Å². The summed E-state index contributed by atoms with van der Waals surface area (Å²) in [6.07, 6.45) is 0. The third kappa shape index (κ3) is 4.15. The Bertz CT molecular complexity index is 1390. The van der Waals surface area contributed by atoms with Gasteiger partial charge in [-0.3, -0.25) is 23.7 Å². The maximum absolute atomic E-state index is 13.7. The van der Waals surface area contributed by atoms with E-state index < -0.39 is 34.8 Å². The number of benzene rings is 2. The molecule has 3 atom stereocenters. The van der Waals surface area contributed by atoms with Gasteiger partial charge in [0.1, 0.15) is 17.6 Å². The van der Waals surface area contributed by atoms with E-state index in [-0.39, 0.29) is 23.9 Å². The predicted molar refractivity (Wildman–Crippen MR) is 133 cm³/mol. The van der Waals surface area contributed by atoms with Gasteiger partial charge in [0.2, 0.25) is 11.8 Å². The number of amides is 2. The number of nitrogens with zero attached hydrogens (tertiary/aromatic N) is 2. The van der Waals surface area contributed by atoms with Gasteiger partial charge in [-0.25, -0.2) is 9.29 Å². The van der Waals surface area contributed by atoms with Crippen LogP contribution in [0.15, 0.2) is 62.8 Å². The standard InChI is InChI=1S/C24H18BrFN2O5S2/c1-2-33-16(29)11-27-23-20(35-24(27)32)17(12-3-7-14(26)8-4-12)18-19(34-23)22(31)28(21(18)30)15-9-5-13(25)6-10-15/h3-10,17-19H,2,11H2,1H3/t17-,18-,19+/m0/s1. The molecule has 3 aromatic rings. The number of ether oxygens (including phenoxy) is 1. The number of hydrogen-bond acceptors (Lipinski definition) is 7. The van der Waals surface area contributed by atoms with Gasteiger partial charge in [-0.1, -0.05) is 51.2 Å². The molecule has 0 spiro atoms. The van der Waals surface area contributed by atoms with Crippen molar-refractivity contribution >= 4 is 62.5 Å². The minimum absolute atomic E-state index is 0.172. The molecule has 0 unspecified atom stereocenters. The number of carbonyl (C=O) groups excluding carboxylic acids is 3. The molecule has 0 bridgehead atoms. The largest absolute Gasteiger partial charge is 0.465 e. The Kier molecular flexibility index (Phi) is 6.41. The van der Waals surface area contributed by atoms with Crippen LogP contribution in [0, 0.1) is 11.7 Å². The van der Waals surface area contributed by atoms with Gasteiger partial charge in [-0.15, -0.1) is 0 Å². The number of thioether (sulfide) groups is 1. The first-order valence-corrected chi connectivity index (χ1v) is 13.2. The number of thiazole rings is 1. The minimum Gasteiger partial charge on any atom is -0.465 e. The molecule has 35 heavy (non-hydrogen) atoms. The zero-order valence-electron chi connectivity index (χ0n) is 18.3. The monoisotopic (exact) mass is 576 g/mol. The van der Waals surface area contributed by atoms with E-state index in [1.54, 1.807) is 43.3 Å². The number of imide groups is 1. The maximum atomic E-state index is 13.7. The van der Waals surface area contributed by atoms with Gasteiger partial charge in [0, 0.05) is 15.3 Å². The second-order valence-electron chi connectivity index (χ2n) is 8.01. The Morgan fingerprint density at radius 1 is 1.06 bits per heavy atom. The van der Waals surface area contributed by atoms with E-state index >= 15 is 0 Å². The van der Waals surface area contributed by atoms with Crippen LogP contribution in [0.25, 0.3) is 0 Å². The first-order chi connectivity index (χ1) is 16.8. The molecule has 2 aliphatic heterocycles. The van der Waals surface area contributed by atoms with E-state index in [4.69, 9.17) is 4.74 Å². The quantitative estimate of drug-likeness (QED) is 0.335. The van der Waals surface area contributed by atoms with Crippen LogP contribution in [-0.2, 0) is 25.7 Å². The number of hydrogen-bond donors (Lipinski definition) is 0. The van der Waals surface area contributed by atoms with E-state index in [0.717, 1.165) is 27.6 Å². The highest BCUT2D eigenvalue weighted by Crippen LogP contribution is 2.53. The predicted octanol–water partition coefficient (Wildman–Crippen LogP) is 4.17. The van der Waals surface area contributed by atoms with E-state index in [2.05, 4.69) is 15.9 Å². The Morgan fingerprint density at radius 3 is 2.40 bits per heavy atom. The summed E-state index contributed by atoms with van der Waals surface area (Å²) in [4.78, 5) is 53.7. The molecular formula is C24H18BrFN2O5S2. The van der Waals surface area contributed by atoms with Crippen molar-refractivity contribution in [2.45, 2.75) is 29.7 Å². The van der Waals surface area contributed by atoms with E-state index in [1.165, 1.54) is 21.6 Å². The van der Waals surface area contributed by atoms with Gasteiger partial charge in [0.05, 0.1) is 23.2 Å². The SMILES string of the molecule is CCOC(=O)Cn1c2c(sc1=O)[C@@H](c1ccc(F)cc1)[C@@H]1C(=O)N(c3ccc(Br)cc3)C(=O)[C@@H]1S2. The Labute approximate surface area is 216 Å². The molecule has 2 amide bonds. The topological polar surface area (TPSA) is 85.7 Å². The number of carbonyl (C=O) groups is 3. The summed E-state index contributed by atoms with van der Waals surface area (Å²) < 4.78 is 20.8. The minimum atomic E-state index is -0.809. The Balaban J connectivity index is 1.64. The fourth-order valence-electron chi connectivity index (χ4n) is 4.46. The van der Waals surface area contributed by atoms with E-state index in [0.29, 0.717) is 21.2 Å². The molecule has 2 aliphatic rings. The number of halogens is 2. The zero-order chi connectivity index (χ0) is 24.9. The van der Waals surface area contributed by atoms with Crippen LogP contribution in [0.5, 0.6) is 0 Å². The molecule has 3 heterocycles. The van der Waals surface area contributed by atoms with Crippen molar-refractivity contribution in [1.82, 2.24) is 4.57 Å².